The fourth-order valence-corrected chi connectivity index (χ4v) is 4.70. The monoisotopic (exact) mass is 343 g/mol. The second-order valence-corrected chi connectivity index (χ2v) is 7.72. The molecule has 3 aliphatic rings. The summed E-state index contributed by atoms with van der Waals surface area (Å²) in [4.78, 5) is 15.1. The van der Waals surface area contributed by atoms with Crippen LogP contribution in [-0.4, -0.2) is 42.7 Å². The van der Waals surface area contributed by atoms with Gasteiger partial charge in [-0.15, -0.1) is 0 Å². The molecule has 1 amide bonds. The van der Waals surface area contributed by atoms with Gasteiger partial charge in [0.25, 0.3) is 5.91 Å². The highest BCUT2D eigenvalue weighted by atomic mass is 16.5. The fourth-order valence-electron chi connectivity index (χ4n) is 4.70. The van der Waals surface area contributed by atoms with Crippen molar-refractivity contribution >= 4 is 5.91 Å². The summed E-state index contributed by atoms with van der Waals surface area (Å²) in [5.41, 5.74) is 0.788. The van der Waals surface area contributed by atoms with Gasteiger partial charge in [-0.3, -0.25) is 4.79 Å². The summed E-state index contributed by atoms with van der Waals surface area (Å²) in [5.74, 6) is 1.74. The summed E-state index contributed by atoms with van der Waals surface area (Å²) >= 11 is 0. The van der Waals surface area contributed by atoms with Crippen LogP contribution in [0.5, 0.6) is 5.75 Å². The van der Waals surface area contributed by atoms with E-state index in [0.29, 0.717) is 12.6 Å². The molecule has 3 fully saturated rings. The third kappa shape index (κ3) is 3.84. The van der Waals surface area contributed by atoms with Gasteiger partial charge in [-0.1, -0.05) is 12.8 Å². The zero-order valence-electron chi connectivity index (χ0n) is 15.0. The summed E-state index contributed by atoms with van der Waals surface area (Å²) in [6.45, 7) is 2.36. The van der Waals surface area contributed by atoms with Crippen LogP contribution in [0.25, 0.3) is 0 Å². The molecule has 0 bridgehead atoms. The van der Waals surface area contributed by atoms with Gasteiger partial charge >= 0.3 is 0 Å². The predicted molar refractivity (Wildman–Crippen MR) is 96.9 cm³/mol. The van der Waals surface area contributed by atoms with Crippen LogP contribution in [0.15, 0.2) is 24.3 Å². The van der Waals surface area contributed by atoms with E-state index in [2.05, 4.69) is 4.90 Å². The van der Waals surface area contributed by atoms with Crippen LogP contribution in [0.4, 0.5) is 0 Å². The molecule has 4 rings (SSSR count). The maximum Gasteiger partial charge on any atom is 0.254 e. The molecule has 136 valence electrons. The summed E-state index contributed by atoms with van der Waals surface area (Å²) in [5, 5.41) is 0. The van der Waals surface area contributed by atoms with Crippen molar-refractivity contribution in [3.05, 3.63) is 29.8 Å². The largest absolute Gasteiger partial charge is 0.491 e. The van der Waals surface area contributed by atoms with E-state index in [1.807, 2.05) is 24.3 Å². The topological polar surface area (TPSA) is 38.8 Å². The molecule has 1 saturated carbocycles. The number of amides is 1. The van der Waals surface area contributed by atoms with Gasteiger partial charge < -0.3 is 14.4 Å². The first-order chi connectivity index (χ1) is 12.3. The molecule has 2 aliphatic heterocycles. The van der Waals surface area contributed by atoms with E-state index in [-0.39, 0.29) is 12.0 Å². The molecule has 25 heavy (non-hydrogen) atoms. The van der Waals surface area contributed by atoms with E-state index >= 15 is 0 Å². The maximum atomic E-state index is 13.0. The van der Waals surface area contributed by atoms with Crippen molar-refractivity contribution in [2.75, 3.05) is 19.8 Å². The van der Waals surface area contributed by atoms with Crippen LogP contribution in [0.2, 0.25) is 0 Å². The van der Waals surface area contributed by atoms with Gasteiger partial charge in [-0.05, 0) is 68.7 Å². The molecule has 1 aromatic rings. The molecular weight excluding hydrogens is 314 g/mol. The molecule has 3 atom stereocenters. The molecule has 0 aromatic heterocycles. The minimum Gasteiger partial charge on any atom is -0.491 e. The number of carbonyl (C=O) groups is 1. The van der Waals surface area contributed by atoms with E-state index in [4.69, 9.17) is 9.47 Å². The number of fused-ring (bicyclic) bond motifs is 1. The average Bonchev–Trinajstić information content (AvgIpc) is 3.19. The summed E-state index contributed by atoms with van der Waals surface area (Å²) in [6.07, 6.45) is 9.94. The van der Waals surface area contributed by atoms with Crippen molar-refractivity contribution in [2.24, 2.45) is 5.92 Å². The number of benzene rings is 1. The Kier molecular flexibility index (Phi) is 5.25. The maximum absolute atomic E-state index is 13.0. The number of carbonyl (C=O) groups excluding carboxylic acids is 1. The zero-order valence-corrected chi connectivity index (χ0v) is 15.0. The van der Waals surface area contributed by atoms with Gasteiger partial charge in [0.1, 0.15) is 12.4 Å². The summed E-state index contributed by atoms with van der Waals surface area (Å²) < 4.78 is 11.4. The number of nitrogens with zero attached hydrogens (tertiary/aromatic N) is 1. The molecule has 0 spiro atoms. The Morgan fingerprint density at radius 3 is 2.64 bits per heavy atom. The van der Waals surface area contributed by atoms with Crippen LogP contribution < -0.4 is 4.74 Å². The van der Waals surface area contributed by atoms with Gasteiger partial charge in [0.05, 0.1) is 6.10 Å². The van der Waals surface area contributed by atoms with E-state index in [1.54, 1.807) is 0 Å². The van der Waals surface area contributed by atoms with E-state index in [0.717, 1.165) is 49.6 Å². The quantitative estimate of drug-likeness (QED) is 0.828. The Hall–Kier alpha value is -1.55. The summed E-state index contributed by atoms with van der Waals surface area (Å²) in [7, 11) is 0. The first-order valence-corrected chi connectivity index (χ1v) is 9.97. The van der Waals surface area contributed by atoms with Crippen LogP contribution >= 0.6 is 0 Å². The van der Waals surface area contributed by atoms with Gasteiger partial charge in [0, 0.05) is 24.8 Å². The Balaban J connectivity index is 1.37. The molecule has 4 nitrogen and oxygen atoms in total. The fraction of sp³-hybridized carbons (Fsp3) is 0.667. The van der Waals surface area contributed by atoms with Crippen molar-refractivity contribution in [2.45, 2.75) is 63.5 Å². The average molecular weight is 343 g/mol. The van der Waals surface area contributed by atoms with Crippen molar-refractivity contribution < 1.29 is 14.3 Å². The lowest BCUT2D eigenvalue weighted by atomic mass is 9.78. The minimum absolute atomic E-state index is 0.197. The lowest BCUT2D eigenvalue weighted by molar-refractivity contribution is 0.0390. The third-order valence-electron chi connectivity index (χ3n) is 6.07. The van der Waals surface area contributed by atoms with E-state index in [1.165, 1.54) is 32.1 Å². The van der Waals surface area contributed by atoms with E-state index in [9.17, 15) is 4.79 Å². The van der Waals surface area contributed by atoms with Crippen molar-refractivity contribution in [3.8, 4) is 5.75 Å². The minimum atomic E-state index is 0.197. The predicted octanol–water partition coefficient (Wildman–Crippen LogP) is 4.04. The molecule has 1 aromatic carbocycles. The second-order valence-electron chi connectivity index (χ2n) is 7.72. The number of piperidine rings is 1. The van der Waals surface area contributed by atoms with Gasteiger partial charge in [-0.2, -0.15) is 0 Å². The Bertz CT molecular complexity index is 577. The molecule has 0 unspecified atom stereocenters. The Morgan fingerprint density at radius 1 is 1.04 bits per heavy atom. The molecule has 2 heterocycles. The molecule has 2 saturated heterocycles. The number of ether oxygens (including phenoxy) is 2. The normalized spacial score (nSPS) is 29.3. The number of hydrogen-bond donors (Lipinski definition) is 0. The molecule has 0 radical (unpaired) electrons. The van der Waals surface area contributed by atoms with Crippen LogP contribution in [0.3, 0.4) is 0 Å². The Labute approximate surface area is 150 Å². The Morgan fingerprint density at radius 2 is 1.84 bits per heavy atom. The highest BCUT2D eigenvalue weighted by molar-refractivity contribution is 5.94. The van der Waals surface area contributed by atoms with Gasteiger partial charge in [-0.25, -0.2) is 0 Å². The lowest BCUT2D eigenvalue weighted by Crippen LogP contribution is -2.49. The molecule has 0 N–H and O–H groups in total. The SMILES string of the molecule is O=C(c1ccc(OC[C@@H]2CCCO2)cc1)N1CCC[C@H]2CCCC[C@@H]21. The first-order valence-electron chi connectivity index (χ1n) is 9.97. The highest BCUT2D eigenvalue weighted by Gasteiger charge is 2.35. The van der Waals surface area contributed by atoms with Crippen LogP contribution in [0, 0.1) is 5.92 Å². The standard InChI is InChI=1S/C21H29NO3/c23-21(22-13-3-6-16-5-1-2-8-20(16)22)17-9-11-18(12-10-17)25-15-19-7-4-14-24-19/h9-12,16,19-20H,1-8,13-15H2/t16-,19+,20+/m1/s1. The molecule has 1 aliphatic carbocycles. The van der Waals surface area contributed by atoms with Crippen molar-refractivity contribution in [1.82, 2.24) is 4.90 Å². The molecule has 4 heteroatoms. The summed E-state index contributed by atoms with van der Waals surface area (Å²) in [6, 6.07) is 8.14. The smallest absolute Gasteiger partial charge is 0.254 e. The number of likely N-dealkylation sites (tertiary alicyclic amines) is 1. The lowest BCUT2D eigenvalue weighted by Gasteiger charge is -2.44. The first kappa shape index (κ1) is 16.9. The van der Waals surface area contributed by atoms with Crippen LogP contribution in [-0.2, 0) is 4.74 Å². The molecular formula is C21H29NO3. The van der Waals surface area contributed by atoms with Gasteiger partial charge in [0.2, 0.25) is 0 Å². The zero-order chi connectivity index (χ0) is 17.1. The number of hydrogen-bond acceptors (Lipinski definition) is 3. The van der Waals surface area contributed by atoms with Crippen molar-refractivity contribution in [3.63, 3.8) is 0 Å². The third-order valence-corrected chi connectivity index (χ3v) is 6.07. The second kappa shape index (κ2) is 7.77. The van der Waals surface area contributed by atoms with Gasteiger partial charge in [0.15, 0.2) is 0 Å². The van der Waals surface area contributed by atoms with Crippen molar-refractivity contribution in [1.29, 1.82) is 0 Å². The van der Waals surface area contributed by atoms with E-state index < -0.39 is 0 Å². The number of rotatable bonds is 4. The van der Waals surface area contributed by atoms with Crippen LogP contribution in [0.1, 0.15) is 61.7 Å². The highest BCUT2D eigenvalue weighted by Crippen LogP contribution is 2.36.